The van der Waals surface area contributed by atoms with Crippen LogP contribution in [0.4, 0.5) is 19.5 Å². The lowest BCUT2D eigenvalue weighted by atomic mass is 10.00. The lowest BCUT2D eigenvalue weighted by Crippen LogP contribution is -2.47. The van der Waals surface area contributed by atoms with E-state index in [4.69, 9.17) is 4.74 Å². The minimum atomic E-state index is -2.94. The summed E-state index contributed by atoms with van der Waals surface area (Å²) in [4.78, 5) is 44.6. The molecule has 2 N–H and O–H groups in total. The number of aromatic nitrogens is 2. The number of nitrogens with zero attached hydrogens (tertiary/aromatic N) is 3. The summed E-state index contributed by atoms with van der Waals surface area (Å²) in [7, 11) is 1.41. The number of fused-ring (bicyclic) bond motifs is 1. The molecule has 196 valence electrons. The first-order chi connectivity index (χ1) is 16.7. The van der Waals surface area contributed by atoms with E-state index in [9.17, 15) is 23.2 Å². The van der Waals surface area contributed by atoms with Crippen molar-refractivity contribution in [3.63, 3.8) is 0 Å². The maximum atomic E-state index is 14.1. The van der Waals surface area contributed by atoms with Crippen molar-refractivity contribution in [1.29, 1.82) is 0 Å². The minimum absolute atomic E-state index is 0.0472. The van der Waals surface area contributed by atoms with Crippen molar-refractivity contribution in [2.75, 3.05) is 12.4 Å². The molecular formula is C25H33F2N5O4. The molecule has 9 nitrogen and oxygen atoms in total. The zero-order chi connectivity index (χ0) is 26.9. The van der Waals surface area contributed by atoms with Gasteiger partial charge < -0.3 is 15.4 Å². The van der Waals surface area contributed by atoms with Gasteiger partial charge in [0.1, 0.15) is 5.60 Å². The number of hydrogen-bond acceptors (Lipinski definition) is 6. The molecule has 2 aromatic rings. The van der Waals surface area contributed by atoms with E-state index in [1.165, 1.54) is 24.1 Å². The molecule has 0 unspecified atom stereocenters. The van der Waals surface area contributed by atoms with Gasteiger partial charge in [-0.15, -0.1) is 0 Å². The third kappa shape index (κ3) is 5.66. The van der Waals surface area contributed by atoms with Crippen LogP contribution in [-0.4, -0.2) is 51.2 Å². The highest BCUT2D eigenvalue weighted by molar-refractivity contribution is 5.94. The van der Waals surface area contributed by atoms with Crippen LogP contribution in [0.25, 0.3) is 5.69 Å². The highest BCUT2D eigenvalue weighted by Crippen LogP contribution is 2.30. The summed E-state index contributed by atoms with van der Waals surface area (Å²) < 4.78 is 34.9. The second-order valence-electron chi connectivity index (χ2n) is 10.1. The topological polar surface area (TPSA) is 106 Å². The van der Waals surface area contributed by atoms with E-state index < -0.39 is 35.1 Å². The molecule has 1 aliphatic rings. The summed E-state index contributed by atoms with van der Waals surface area (Å²) in [6.07, 6.45) is -3.28. The number of amides is 2. The van der Waals surface area contributed by atoms with Gasteiger partial charge in [-0.3, -0.25) is 14.5 Å². The van der Waals surface area contributed by atoms with Crippen LogP contribution in [0.1, 0.15) is 75.1 Å². The Hall–Kier alpha value is -3.50. The molecule has 1 aromatic heterocycles. The number of carbonyl (C=O) groups excluding carboxylic acids is 2. The summed E-state index contributed by atoms with van der Waals surface area (Å²) in [5, 5.41) is 5.47. The van der Waals surface area contributed by atoms with Gasteiger partial charge in [0.2, 0.25) is 5.95 Å². The van der Waals surface area contributed by atoms with Crippen molar-refractivity contribution in [3.05, 3.63) is 50.9 Å². The van der Waals surface area contributed by atoms with Crippen LogP contribution in [0.2, 0.25) is 0 Å². The van der Waals surface area contributed by atoms with Gasteiger partial charge in [-0.05, 0) is 59.7 Å². The van der Waals surface area contributed by atoms with Gasteiger partial charge in [-0.1, -0.05) is 0 Å². The number of ether oxygens (including phenoxy) is 1. The van der Waals surface area contributed by atoms with Crippen molar-refractivity contribution in [2.45, 2.75) is 78.6 Å². The predicted octanol–water partition coefficient (Wildman–Crippen LogP) is 4.03. The Kier molecular flexibility index (Phi) is 7.70. The second kappa shape index (κ2) is 10.2. The molecule has 2 amide bonds. The summed E-state index contributed by atoms with van der Waals surface area (Å²) in [5.41, 5.74) is -0.959. The first kappa shape index (κ1) is 27.1. The van der Waals surface area contributed by atoms with Crippen LogP contribution in [0.5, 0.6) is 0 Å². The van der Waals surface area contributed by atoms with Crippen molar-refractivity contribution in [3.8, 4) is 5.69 Å². The maximum absolute atomic E-state index is 14.1. The monoisotopic (exact) mass is 505 g/mol. The molecule has 3 rings (SSSR count). The first-order valence-corrected chi connectivity index (χ1v) is 11.8. The van der Waals surface area contributed by atoms with Gasteiger partial charge in [-0.25, -0.2) is 23.1 Å². The van der Waals surface area contributed by atoms with Crippen molar-refractivity contribution in [2.24, 2.45) is 0 Å². The number of nitrogens with one attached hydrogen (secondary N) is 2. The third-order valence-electron chi connectivity index (χ3n) is 5.65. The van der Waals surface area contributed by atoms with Crippen LogP contribution >= 0.6 is 0 Å². The van der Waals surface area contributed by atoms with E-state index in [-0.39, 0.29) is 42.2 Å². The van der Waals surface area contributed by atoms with E-state index in [1.807, 2.05) is 13.8 Å². The number of alkyl halides is 2. The Morgan fingerprint density at radius 2 is 1.89 bits per heavy atom. The highest BCUT2D eigenvalue weighted by Gasteiger charge is 2.34. The molecule has 0 radical (unpaired) electrons. The van der Waals surface area contributed by atoms with Crippen LogP contribution in [0.15, 0.2) is 23.0 Å². The zero-order valence-electron chi connectivity index (χ0n) is 21.6. The third-order valence-corrected chi connectivity index (χ3v) is 5.65. The van der Waals surface area contributed by atoms with Gasteiger partial charge in [0.15, 0.2) is 0 Å². The number of carbonyl (C=O) groups is 2. The molecule has 0 aliphatic carbocycles. The Morgan fingerprint density at radius 3 is 2.44 bits per heavy atom. The van der Waals surface area contributed by atoms with Crippen molar-refractivity contribution >= 4 is 17.9 Å². The molecule has 1 aliphatic heterocycles. The number of hydrogen-bond donors (Lipinski definition) is 2. The minimum Gasteiger partial charge on any atom is -0.444 e. The first-order valence-electron chi connectivity index (χ1n) is 11.8. The van der Waals surface area contributed by atoms with E-state index in [0.29, 0.717) is 11.3 Å². The molecule has 0 saturated heterocycles. The average Bonchev–Trinajstić information content (AvgIpc) is 2.77. The smallest absolute Gasteiger partial charge is 0.410 e. The van der Waals surface area contributed by atoms with Gasteiger partial charge in [-0.2, -0.15) is 0 Å². The summed E-state index contributed by atoms with van der Waals surface area (Å²) in [6, 6.07) is 3.25. The molecule has 2 heterocycles. The summed E-state index contributed by atoms with van der Waals surface area (Å²) >= 11 is 0. The SMILES string of the molecule is CNC(=O)c1ccc(-n2c(NC(C)C)nc3c(c2=O)C[C@@H](C)N(C(=O)OC(C)(C)C)C3)c(C(F)F)c1. The summed E-state index contributed by atoms with van der Waals surface area (Å²) in [5.74, 6) is -0.446. The van der Waals surface area contributed by atoms with Crippen molar-refractivity contribution < 1.29 is 23.1 Å². The largest absolute Gasteiger partial charge is 0.444 e. The Bertz CT molecular complexity index is 1220. The summed E-state index contributed by atoms with van der Waals surface area (Å²) in [6.45, 7) is 10.8. The molecule has 1 aromatic carbocycles. The molecule has 11 heteroatoms. The highest BCUT2D eigenvalue weighted by atomic mass is 19.3. The zero-order valence-corrected chi connectivity index (χ0v) is 21.6. The fraction of sp³-hybridized carbons (Fsp3) is 0.520. The van der Waals surface area contributed by atoms with E-state index >= 15 is 0 Å². The quantitative estimate of drug-likeness (QED) is 0.636. The van der Waals surface area contributed by atoms with Gasteiger partial charge in [0.05, 0.1) is 17.9 Å². The number of benzene rings is 1. The second-order valence-corrected chi connectivity index (χ2v) is 10.1. The number of rotatable bonds is 5. The van der Waals surface area contributed by atoms with Crippen LogP contribution in [0, 0.1) is 0 Å². The fourth-order valence-corrected chi connectivity index (χ4v) is 4.02. The lowest BCUT2D eigenvalue weighted by Gasteiger charge is -2.35. The molecule has 0 fully saturated rings. The normalized spacial score (nSPS) is 15.6. The van der Waals surface area contributed by atoms with Crippen LogP contribution < -0.4 is 16.2 Å². The molecule has 0 bridgehead atoms. The lowest BCUT2D eigenvalue weighted by molar-refractivity contribution is 0.0133. The van der Waals surface area contributed by atoms with E-state index in [1.54, 1.807) is 27.7 Å². The maximum Gasteiger partial charge on any atom is 0.410 e. The van der Waals surface area contributed by atoms with E-state index in [0.717, 1.165) is 10.6 Å². The van der Waals surface area contributed by atoms with Crippen LogP contribution in [-0.2, 0) is 17.7 Å². The van der Waals surface area contributed by atoms with Crippen LogP contribution in [0.3, 0.4) is 0 Å². The Labute approximate surface area is 208 Å². The fourth-order valence-electron chi connectivity index (χ4n) is 4.02. The Balaban J connectivity index is 2.18. The Morgan fingerprint density at radius 1 is 1.22 bits per heavy atom. The predicted molar refractivity (Wildman–Crippen MR) is 132 cm³/mol. The molecule has 0 saturated carbocycles. The number of halogens is 2. The molecular weight excluding hydrogens is 472 g/mol. The van der Waals surface area contributed by atoms with Gasteiger partial charge >= 0.3 is 6.09 Å². The molecule has 0 spiro atoms. The van der Waals surface area contributed by atoms with E-state index in [2.05, 4.69) is 15.6 Å². The number of anilines is 1. The van der Waals surface area contributed by atoms with Gasteiger partial charge in [0.25, 0.3) is 17.9 Å². The molecule has 36 heavy (non-hydrogen) atoms. The van der Waals surface area contributed by atoms with Gasteiger partial charge in [0, 0.05) is 42.2 Å². The molecule has 1 atom stereocenters. The average molecular weight is 506 g/mol. The van der Waals surface area contributed by atoms with Crippen molar-refractivity contribution in [1.82, 2.24) is 19.8 Å². The standard InChI is InChI=1S/C25H33F2N5O4/c1-13(2)29-23-30-18-12-31(24(35)36-25(4,5)6)14(3)10-16(18)22(34)32(23)19-9-8-15(21(33)28-7)11-17(19)20(26)27/h8-9,11,13-14,20H,10,12H2,1-7H3,(H,28,33)(H,29,30)/t14-/m1/s1.